The van der Waals surface area contributed by atoms with Crippen LogP contribution in [0.25, 0.3) is 0 Å². The minimum Gasteiger partial charge on any atom is -0.508 e. The van der Waals surface area contributed by atoms with Gasteiger partial charge in [-0.3, -0.25) is 4.68 Å². The summed E-state index contributed by atoms with van der Waals surface area (Å²) < 4.78 is 1.62. The van der Waals surface area contributed by atoms with Crippen molar-refractivity contribution in [3.63, 3.8) is 0 Å². The zero-order valence-electron chi connectivity index (χ0n) is 8.33. The van der Waals surface area contributed by atoms with E-state index in [1.807, 2.05) is 0 Å². The summed E-state index contributed by atoms with van der Waals surface area (Å²) >= 11 is 0. The second-order valence-electron chi connectivity index (χ2n) is 3.37. The maximum atomic E-state index is 10.0. The van der Waals surface area contributed by atoms with Crippen LogP contribution in [0.4, 0.5) is 0 Å². The van der Waals surface area contributed by atoms with Gasteiger partial charge in [0.05, 0.1) is 5.69 Å². The first-order chi connectivity index (χ1) is 7.18. The molecule has 0 aliphatic rings. The summed E-state index contributed by atoms with van der Waals surface area (Å²) in [6, 6.07) is 8.24. The number of aromatic hydroxyl groups is 1. The van der Waals surface area contributed by atoms with Gasteiger partial charge in [-0.05, 0) is 23.8 Å². The zero-order valence-corrected chi connectivity index (χ0v) is 8.33. The number of hydrogen-bond acceptors (Lipinski definition) is 3. The maximum absolute atomic E-state index is 10.0. The van der Waals surface area contributed by atoms with E-state index in [-0.39, 0.29) is 5.75 Å². The molecule has 2 rings (SSSR count). The van der Waals surface area contributed by atoms with E-state index in [4.69, 9.17) is 5.11 Å². The Labute approximate surface area is 87.4 Å². The highest BCUT2D eigenvalue weighted by Gasteiger charge is 2.13. The fourth-order valence-corrected chi connectivity index (χ4v) is 1.48. The summed E-state index contributed by atoms with van der Waals surface area (Å²) in [6.45, 7) is 0. The van der Waals surface area contributed by atoms with Crippen LogP contribution in [0.3, 0.4) is 0 Å². The lowest BCUT2D eigenvalue weighted by Gasteiger charge is -2.11. The van der Waals surface area contributed by atoms with Gasteiger partial charge in [-0.1, -0.05) is 12.1 Å². The fraction of sp³-hybridized carbons (Fsp3) is 0.182. The largest absolute Gasteiger partial charge is 0.508 e. The Kier molecular flexibility index (Phi) is 2.43. The summed E-state index contributed by atoms with van der Waals surface area (Å²) in [5.74, 6) is 0.191. The van der Waals surface area contributed by atoms with Gasteiger partial charge in [0.25, 0.3) is 0 Å². The number of hydrogen-bond donors (Lipinski definition) is 2. The van der Waals surface area contributed by atoms with Crippen LogP contribution in [0, 0.1) is 0 Å². The Hall–Kier alpha value is -1.81. The molecule has 78 valence electrons. The van der Waals surface area contributed by atoms with Crippen molar-refractivity contribution in [1.29, 1.82) is 0 Å². The Morgan fingerprint density at radius 3 is 2.40 bits per heavy atom. The van der Waals surface area contributed by atoms with Crippen molar-refractivity contribution in [3.05, 3.63) is 47.8 Å². The van der Waals surface area contributed by atoms with Crippen molar-refractivity contribution < 1.29 is 10.2 Å². The highest BCUT2D eigenvalue weighted by Crippen LogP contribution is 2.22. The highest BCUT2D eigenvalue weighted by atomic mass is 16.3. The van der Waals surface area contributed by atoms with Crippen LogP contribution in [-0.4, -0.2) is 20.0 Å². The molecule has 0 saturated carbocycles. The maximum Gasteiger partial charge on any atom is 0.121 e. The van der Waals surface area contributed by atoms with Crippen LogP contribution in [0.15, 0.2) is 36.5 Å². The normalized spacial score (nSPS) is 12.7. The van der Waals surface area contributed by atoms with Gasteiger partial charge in [-0.2, -0.15) is 5.10 Å². The molecule has 4 heteroatoms. The molecule has 0 bridgehead atoms. The van der Waals surface area contributed by atoms with E-state index in [0.29, 0.717) is 0 Å². The van der Waals surface area contributed by atoms with E-state index in [9.17, 15) is 5.11 Å². The molecular weight excluding hydrogens is 192 g/mol. The molecule has 1 aromatic carbocycles. The second kappa shape index (κ2) is 3.74. The van der Waals surface area contributed by atoms with Gasteiger partial charge in [-0.25, -0.2) is 0 Å². The van der Waals surface area contributed by atoms with E-state index in [2.05, 4.69) is 5.10 Å². The van der Waals surface area contributed by atoms with Gasteiger partial charge in [0, 0.05) is 13.2 Å². The Bertz CT molecular complexity index is 448. The Morgan fingerprint density at radius 1 is 1.20 bits per heavy atom. The average Bonchev–Trinajstić information content (AvgIpc) is 2.65. The predicted molar refractivity (Wildman–Crippen MR) is 55.4 cm³/mol. The van der Waals surface area contributed by atoms with Crippen molar-refractivity contribution in [2.24, 2.45) is 7.05 Å². The Balaban J connectivity index is 2.32. The molecule has 0 saturated heterocycles. The molecule has 0 radical (unpaired) electrons. The third-order valence-electron chi connectivity index (χ3n) is 2.35. The molecule has 1 aromatic heterocycles. The molecule has 0 amide bonds. The van der Waals surface area contributed by atoms with Crippen LogP contribution < -0.4 is 0 Å². The fourth-order valence-electron chi connectivity index (χ4n) is 1.48. The van der Waals surface area contributed by atoms with Crippen LogP contribution in [0.1, 0.15) is 17.4 Å². The van der Waals surface area contributed by atoms with Gasteiger partial charge in [0.2, 0.25) is 0 Å². The van der Waals surface area contributed by atoms with E-state index in [0.717, 1.165) is 11.3 Å². The number of aromatic nitrogens is 2. The average molecular weight is 204 g/mol. The lowest BCUT2D eigenvalue weighted by Crippen LogP contribution is -2.06. The quantitative estimate of drug-likeness (QED) is 0.773. The van der Waals surface area contributed by atoms with Gasteiger partial charge >= 0.3 is 0 Å². The van der Waals surface area contributed by atoms with E-state index in [1.165, 1.54) is 0 Å². The number of benzene rings is 1. The molecule has 0 fully saturated rings. The van der Waals surface area contributed by atoms with Crippen LogP contribution in [0.5, 0.6) is 5.75 Å². The number of aliphatic hydroxyl groups is 1. The molecule has 1 unspecified atom stereocenters. The van der Waals surface area contributed by atoms with Gasteiger partial charge in [0.1, 0.15) is 11.9 Å². The molecule has 15 heavy (non-hydrogen) atoms. The first-order valence-corrected chi connectivity index (χ1v) is 4.63. The summed E-state index contributed by atoms with van der Waals surface area (Å²) in [6.07, 6.45) is 0.928. The number of aryl methyl sites for hydroxylation is 1. The highest BCUT2D eigenvalue weighted by molar-refractivity contribution is 5.30. The van der Waals surface area contributed by atoms with Crippen LogP contribution >= 0.6 is 0 Å². The lowest BCUT2D eigenvalue weighted by molar-refractivity contribution is 0.209. The number of aliphatic hydroxyl groups excluding tert-OH is 1. The molecule has 2 N–H and O–H groups in total. The van der Waals surface area contributed by atoms with Crippen molar-refractivity contribution in [2.45, 2.75) is 6.10 Å². The third-order valence-corrected chi connectivity index (χ3v) is 2.35. The number of phenols is 1. The SMILES string of the molecule is Cn1nccc1C(O)c1ccc(O)cc1. The molecule has 1 heterocycles. The monoisotopic (exact) mass is 204 g/mol. The lowest BCUT2D eigenvalue weighted by atomic mass is 10.1. The van der Waals surface area contributed by atoms with Crippen molar-refractivity contribution >= 4 is 0 Å². The molecule has 1 atom stereocenters. The van der Waals surface area contributed by atoms with E-state index >= 15 is 0 Å². The smallest absolute Gasteiger partial charge is 0.121 e. The topological polar surface area (TPSA) is 58.3 Å². The second-order valence-corrected chi connectivity index (χ2v) is 3.37. The van der Waals surface area contributed by atoms with E-state index in [1.54, 1.807) is 48.3 Å². The molecule has 2 aromatic rings. The summed E-state index contributed by atoms with van der Waals surface area (Å²) in [5.41, 5.74) is 1.46. The Morgan fingerprint density at radius 2 is 1.87 bits per heavy atom. The summed E-state index contributed by atoms with van der Waals surface area (Å²) in [7, 11) is 1.78. The van der Waals surface area contributed by atoms with Crippen molar-refractivity contribution in [2.75, 3.05) is 0 Å². The van der Waals surface area contributed by atoms with Crippen molar-refractivity contribution in [3.8, 4) is 5.75 Å². The summed E-state index contributed by atoms with van der Waals surface area (Å²) in [5, 5.41) is 23.1. The van der Waals surface area contributed by atoms with E-state index < -0.39 is 6.10 Å². The zero-order chi connectivity index (χ0) is 10.8. The third kappa shape index (κ3) is 1.85. The number of nitrogens with zero attached hydrogens (tertiary/aromatic N) is 2. The molecular formula is C11H12N2O2. The van der Waals surface area contributed by atoms with Crippen molar-refractivity contribution in [1.82, 2.24) is 9.78 Å². The molecule has 4 nitrogen and oxygen atoms in total. The minimum atomic E-state index is -0.710. The van der Waals surface area contributed by atoms with Gasteiger partial charge in [-0.15, -0.1) is 0 Å². The van der Waals surface area contributed by atoms with Crippen LogP contribution in [0.2, 0.25) is 0 Å². The van der Waals surface area contributed by atoms with Gasteiger partial charge < -0.3 is 10.2 Å². The molecule has 0 spiro atoms. The first-order valence-electron chi connectivity index (χ1n) is 4.63. The first kappa shape index (κ1) is 9.73. The number of phenolic OH excluding ortho intramolecular Hbond substituents is 1. The standard InChI is InChI=1S/C11H12N2O2/c1-13-10(6-7-12-13)11(15)8-2-4-9(14)5-3-8/h2-7,11,14-15H,1H3. The van der Waals surface area contributed by atoms with Crippen LogP contribution in [-0.2, 0) is 7.05 Å². The molecule has 0 aliphatic heterocycles. The minimum absolute atomic E-state index is 0.191. The summed E-state index contributed by atoms with van der Waals surface area (Å²) in [4.78, 5) is 0. The van der Waals surface area contributed by atoms with Gasteiger partial charge in [0.15, 0.2) is 0 Å². The number of rotatable bonds is 2. The predicted octanol–water partition coefficient (Wildman–Crippen LogP) is 1.21. The molecule has 0 aliphatic carbocycles.